The molecule has 9 nitrogen and oxygen atoms in total. The molecule has 2 amide bonds. The Kier molecular flexibility index (Phi) is 9.08. The number of carbonyl (C=O) groups excluding carboxylic acids is 2. The van der Waals surface area contributed by atoms with Crippen molar-refractivity contribution in [2.45, 2.75) is 62.6 Å². The second-order valence-electron chi connectivity index (χ2n) is 11.3. The number of hydrogen-bond donors (Lipinski definition) is 5. The van der Waals surface area contributed by atoms with Crippen molar-refractivity contribution in [2.24, 2.45) is 0 Å². The molecule has 2 atom stereocenters. The largest absolute Gasteiger partial charge is 0.433 e. The molecule has 0 unspecified atom stereocenters. The van der Waals surface area contributed by atoms with E-state index in [0.29, 0.717) is 5.39 Å². The zero-order valence-corrected chi connectivity index (χ0v) is 24.3. The number of rotatable bonds is 9. The van der Waals surface area contributed by atoms with E-state index < -0.39 is 52.2 Å². The second kappa shape index (κ2) is 11.9. The van der Waals surface area contributed by atoms with Gasteiger partial charge in [0.2, 0.25) is 0 Å². The molecular weight excluding hydrogens is 603 g/mol. The van der Waals surface area contributed by atoms with Crippen LogP contribution in [0.15, 0.2) is 36.0 Å². The number of fused-ring (bicyclic) bond motifs is 1. The van der Waals surface area contributed by atoms with Gasteiger partial charge < -0.3 is 26.0 Å². The predicted molar refractivity (Wildman–Crippen MR) is 150 cm³/mol. The highest BCUT2D eigenvalue weighted by Crippen LogP contribution is 2.42. The number of aromatic nitrogens is 1. The summed E-state index contributed by atoms with van der Waals surface area (Å²) in [6, 6.07) is 3.63. The summed E-state index contributed by atoms with van der Waals surface area (Å²) < 4.78 is 55.8. The van der Waals surface area contributed by atoms with Gasteiger partial charge in [0.25, 0.3) is 11.8 Å². The Morgan fingerprint density at radius 2 is 1.90 bits per heavy atom. The third-order valence-corrected chi connectivity index (χ3v) is 7.39. The Bertz CT molecular complexity index is 1430. The molecule has 1 aliphatic heterocycles. The summed E-state index contributed by atoms with van der Waals surface area (Å²) in [5.74, 6) is -1.49. The van der Waals surface area contributed by atoms with Gasteiger partial charge in [-0.05, 0) is 57.4 Å². The maximum absolute atomic E-state index is 14.8. The number of carbonyl (C=O) groups is 2. The van der Waals surface area contributed by atoms with Crippen molar-refractivity contribution in [3.8, 4) is 0 Å². The lowest BCUT2D eigenvalue weighted by Crippen LogP contribution is -2.82. The SMILES string of the molecule is CC(C)(O)C[NH2+]/C=C(\C(=N)Cl)C(=O)N[C@H]1C[C@@H](Nc2cc(C(F)(F)F)nc3ccc(Cl)cc23)CN(C(=O)C2(F)CC2)C1. The van der Waals surface area contributed by atoms with Gasteiger partial charge in [-0.25, -0.2) is 9.37 Å². The number of anilines is 1. The van der Waals surface area contributed by atoms with Crippen LogP contribution in [0.3, 0.4) is 0 Å². The number of nitrogens with one attached hydrogen (secondary N) is 3. The zero-order valence-electron chi connectivity index (χ0n) is 22.8. The van der Waals surface area contributed by atoms with Crippen LogP contribution in [0.4, 0.5) is 23.2 Å². The standard InChI is InChI=1S/C27H30Cl2F4N6O3/c1-25(2,42)13-35-10-18(22(29)34)23(40)37-16-8-15(11-39(12-16)24(41)26(30)5-6-26)36-20-9-21(27(31,32)33)38-19-4-3-14(28)7-17(19)20/h3-4,7,9-10,15-16,34-35,42H,5-6,8,11-13H2,1-2H3,(H,36,38)(H,37,40)/p+1/b18-10+,34-22?/t15-,16+/m1/s1. The van der Waals surface area contributed by atoms with E-state index in [9.17, 15) is 32.3 Å². The van der Waals surface area contributed by atoms with Gasteiger partial charge >= 0.3 is 6.18 Å². The number of halogens is 6. The maximum atomic E-state index is 14.8. The van der Waals surface area contributed by atoms with Crippen LogP contribution >= 0.6 is 23.2 Å². The molecular formula is C27H31Cl2F4N6O3+. The summed E-state index contributed by atoms with van der Waals surface area (Å²) in [6.45, 7) is 3.23. The summed E-state index contributed by atoms with van der Waals surface area (Å²) >= 11 is 12.0. The molecule has 1 saturated heterocycles. The Morgan fingerprint density at radius 3 is 2.50 bits per heavy atom. The number of pyridine rings is 1. The Labute approximate surface area is 249 Å². The average Bonchev–Trinajstić information content (AvgIpc) is 3.63. The van der Waals surface area contributed by atoms with E-state index in [4.69, 9.17) is 28.6 Å². The summed E-state index contributed by atoms with van der Waals surface area (Å²) in [5.41, 5.74) is -4.29. The first-order chi connectivity index (χ1) is 19.4. The minimum Gasteiger partial charge on any atom is -0.385 e. The minimum atomic E-state index is -4.74. The third kappa shape index (κ3) is 7.88. The number of likely N-dealkylation sites (tertiary alicyclic amines) is 1. The molecule has 2 aromatic rings. The number of quaternary nitrogens is 1. The Morgan fingerprint density at radius 1 is 1.24 bits per heavy atom. The van der Waals surface area contributed by atoms with Gasteiger partial charge in [0.15, 0.2) is 5.67 Å². The van der Waals surface area contributed by atoms with E-state index in [1.165, 1.54) is 34.6 Å². The zero-order chi connectivity index (χ0) is 31.0. The van der Waals surface area contributed by atoms with Gasteiger partial charge in [0.1, 0.15) is 34.8 Å². The molecule has 0 radical (unpaired) electrons. The fraction of sp³-hybridized carbons (Fsp3) is 0.481. The van der Waals surface area contributed by atoms with Crippen molar-refractivity contribution in [2.75, 3.05) is 25.0 Å². The van der Waals surface area contributed by atoms with Crippen LogP contribution in [0.1, 0.15) is 38.8 Å². The monoisotopic (exact) mass is 633 g/mol. The summed E-state index contributed by atoms with van der Waals surface area (Å²) in [4.78, 5) is 31.0. The Balaban J connectivity index is 1.61. The van der Waals surface area contributed by atoms with Gasteiger partial charge in [0, 0.05) is 41.3 Å². The number of alkyl halides is 4. The molecule has 2 heterocycles. The van der Waals surface area contributed by atoms with Gasteiger partial charge in [-0.3, -0.25) is 15.0 Å². The van der Waals surface area contributed by atoms with Crippen molar-refractivity contribution < 1.29 is 37.6 Å². The lowest BCUT2D eigenvalue weighted by Gasteiger charge is -2.39. The highest BCUT2D eigenvalue weighted by Gasteiger charge is 2.53. The summed E-state index contributed by atoms with van der Waals surface area (Å²) in [5, 5.41) is 25.0. The van der Waals surface area contributed by atoms with Gasteiger partial charge in [-0.15, -0.1) is 0 Å². The van der Waals surface area contributed by atoms with E-state index in [2.05, 4.69) is 15.6 Å². The molecule has 1 aromatic carbocycles. The fourth-order valence-corrected chi connectivity index (χ4v) is 5.06. The normalized spacial score (nSPS) is 20.8. The van der Waals surface area contributed by atoms with E-state index >= 15 is 0 Å². The van der Waals surface area contributed by atoms with Crippen LogP contribution < -0.4 is 16.0 Å². The molecule has 2 aliphatic rings. The second-order valence-corrected chi connectivity index (χ2v) is 12.1. The molecule has 4 rings (SSSR count). The lowest BCUT2D eigenvalue weighted by atomic mass is 9.98. The lowest BCUT2D eigenvalue weighted by molar-refractivity contribution is -0.602. The number of aliphatic hydroxyl groups is 1. The van der Waals surface area contributed by atoms with Crippen molar-refractivity contribution in [1.29, 1.82) is 5.41 Å². The molecule has 0 bridgehead atoms. The minimum absolute atomic E-state index is 0.0318. The molecule has 228 valence electrons. The topological polar surface area (TPSA) is 135 Å². The highest BCUT2D eigenvalue weighted by molar-refractivity contribution is 6.71. The molecule has 0 spiro atoms. The van der Waals surface area contributed by atoms with Crippen LogP contribution in [-0.2, 0) is 15.8 Å². The molecule has 15 heteroatoms. The van der Waals surface area contributed by atoms with Gasteiger partial charge in [-0.1, -0.05) is 23.2 Å². The van der Waals surface area contributed by atoms with E-state index in [0.717, 1.165) is 6.07 Å². The van der Waals surface area contributed by atoms with Crippen LogP contribution in [0.25, 0.3) is 10.9 Å². The van der Waals surface area contributed by atoms with Crippen LogP contribution in [0.5, 0.6) is 0 Å². The third-order valence-electron chi connectivity index (χ3n) is 6.95. The number of hydrogen-bond acceptors (Lipinski definition) is 6. The first-order valence-corrected chi connectivity index (χ1v) is 13.9. The van der Waals surface area contributed by atoms with Crippen molar-refractivity contribution in [1.82, 2.24) is 15.2 Å². The first-order valence-electron chi connectivity index (χ1n) is 13.2. The van der Waals surface area contributed by atoms with Crippen molar-refractivity contribution >= 4 is 56.8 Å². The van der Waals surface area contributed by atoms with Gasteiger partial charge in [-0.2, -0.15) is 13.2 Å². The number of nitrogens with zero attached hydrogens (tertiary/aromatic N) is 2. The number of nitrogens with two attached hydrogens (primary N) is 1. The quantitative estimate of drug-likeness (QED) is 0.164. The fourth-order valence-electron chi connectivity index (χ4n) is 4.74. The Hall–Kier alpha value is -3.00. The van der Waals surface area contributed by atoms with Crippen LogP contribution in [0, 0.1) is 5.41 Å². The summed E-state index contributed by atoms with van der Waals surface area (Å²) in [6.07, 6.45) is -3.16. The molecule has 1 aromatic heterocycles. The van der Waals surface area contributed by atoms with Gasteiger partial charge in [0.05, 0.1) is 5.52 Å². The number of amides is 2. The predicted octanol–water partition coefficient (Wildman–Crippen LogP) is 3.34. The van der Waals surface area contributed by atoms with Crippen LogP contribution in [0.2, 0.25) is 5.02 Å². The van der Waals surface area contributed by atoms with E-state index in [-0.39, 0.29) is 60.7 Å². The molecule has 42 heavy (non-hydrogen) atoms. The number of benzene rings is 1. The van der Waals surface area contributed by atoms with Crippen molar-refractivity contribution in [3.05, 3.63) is 46.8 Å². The molecule has 6 N–H and O–H groups in total. The molecule has 2 fully saturated rings. The molecule has 1 aliphatic carbocycles. The summed E-state index contributed by atoms with van der Waals surface area (Å²) in [7, 11) is 0. The maximum Gasteiger partial charge on any atom is 0.433 e. The van der Waals surface area contributed by atoms with E-state index in [1.54, 1.807) is 13.8 Å². The first kappa shape index (κ1) is 31.9. The van der Waals surface area contributed by atoms with E-state index in [1.807, 2.05) is 0 Å². The average molecular weight is 634 g/mol. The van der Waals surface area contributed by atoms with Crippen molar-refractivity contribution in [3.63, 3.8) is 0 Å². The van der Waals surface area contributed by atoms with Crippen LogP contribution in [-0.4, -0.2) is 75.0 Å². The number of piperidine rings is 1. The molecule has 1 saturated carbocycles. The smallest absolute Gasteiger partial charge is 0.385 e. The highest BCUT2D eigenvalue weighted by atomic mass is 35.5.